The Morgan fingerprint density at radius 2 is 2.07 bits per heavy atom. The predicted octanol–water partition coefficient (Wildman–Crippen LogP) is 2.61. The molecule has 3 fully saturated rings. The topological polar surface area (TPSA) is 93.1 Å². The number of carbonyl (C=O) groups is 2. The molecule has 6 nitrogen and oxygen atoms in total. The number of aliphatic hydroxyl groups excluding tert-OH is 1. The molecule has 2 aromatic rings. The van der Waals surface area contributed by atoms with Gasteiger partial charge in [0.2, 0.25) is 0 Å². The lowest BCUT2D eigenvalue weighted by Gasteiger charge is -2.29. The van der Waals surface area contributed by atoms with Crippen molar-refractivity contribution >= 4 is 45.3 Å². The number of rotatable bonds is 4. The van der Waals surface area contributed by atoms with E-state index in [0.29, 0.717) is 0 Å². The first-order valence-electron chi connectivity index (χ1n) is 9.37. The van der Waals surface area contributed by atoms with Crippen LogP contribution in [0.3, 0.4) is 0 Å². The zero-order valence-corrected chi connectivity index (χ0v) is 17.0. The highest BCUT2D eigenvalue weighted by Crippen LogP contribution is 2.60. The van der Waals surface area contributed by atoms with E-state index in [0.717, 1.165) is 26.3 Å². The molecule has 2 N–H and O–H groups in total. The highest BCUT2D eigenvalue weighted by atomic mass is 127. The lowest BCUT2D eigenvalue weighted by molar-refractivity contribution is -0.157. The zero-order valence-electron chi connectivity index (χ0n) is 14.9. The third-order valence-corrected chi connectivity index (χ3v) is 7.77. The van der Waals surface area contributed by atoms with Gasteiger partial charge in [0.15, 0.2) is 0 Å². The molecular weight excluding hydrogens is 475 g/mol. The molecule has 1 heterocycles. The minimum absolute atomic E-state index is 0.0302. The molecule has 3 aliphatic rings. The standard InChI is InChI=1S/C21H19IO6/c22-18-11-3-1-9(5-10(11)2-4-15(18)24)8-27-20(25)16-12-6-13-17(16)21(26)28-19(13)14(12)7-23/h1-5,12-14,16-17,19,23-24H,6-8H2. The molecule has 0 aromatic heterocycles. The number of halogens is 1. The van der Waals surface area contributed by atoms with Crippen molar-refractivity contribution < 1.29 is 29.3 Å². The molecule has 7 heteroatoms. The van der Waals surface area contributed by atoms with Gasteiger partial charge in [0.25, 0.3) is 0 Å². The quantitative estimate of drug-likeness (QED) is 0.502. The first kappa shape index (κ1) is 18.2. The van der Waals surface area contributed by atoms with Gasteiger partial charge in [0.05, 0.1) is 15.4 Å². The molecule has 2 aromatic carbocycles. The minimum atomic E-state index is -0.522. The molecule has 0 radical (unpaired) electrons. The summed E-state index contributed by atoms with van der Waals surface area (Å²) in [6.45, 7) is 0.0425. The summed E-state index contributed by atoms with van der Waals surface area (Å²) in [6.07, 6.45) is 0.500. The second-order valence-corrected chi connectivity index (χ2v) is 9.00. The molecule has 1 saturated heterocycles. The minimum Gasteiger partial charge on any atom is -0.507 e. The van der Waals surface area contributed by atoms with Crippen LogP contribution in [0.1, 0.15) is 12.0 Å². The van der Waals surface area contributed by atoms with E-state index in [1.54, 1.807) is 6.07 Å². The van der Waals surface area contributed by atoms with Crippen LogP contribution in [0.5, 0.6) is 5.75 Å². The fraction of sp³-hybridized carbons (Fsp3) is 0.429. The predicted molar refractivity (Wildman–Crippen MR) is 107 cm³/mol. The number of hydrogen-bond donors (Lipinski definition) is 2. The van der Waals surface area contributed by atoms with Gasteiger partial charge in [-0.1, -0.05) is 18.2 Å². The fourth-order valence-electron chi connectivity index (χ4n) is 5.42. The van der Waals surface area contributed by atoms with Gasteiger partial charge in [-0.15, -0.1) is 0 Å². The summed E-state index contributed by atoms with van der Waals surface area (Å²) in [5, 5.41) is 21.4. The Balaban J connectivity index is 1.33. The molecule has 28 heavy (non-hydrogen) atoms. The normalized spacial score (nSPS) is 32.7. The van der Waals surface area contributed by atoms with E-state index >= 15 is 0 Å². The monoisotopic (exact) mass is 494 g/mol. The third-order valence-electron chi connectivity index (χ3n) is 6.63. The summed E-state index contributed by atoms with van der Waals surface area (Å²) in [5.41, 5.74) is 0.844. The Morgan fingerprint density at radius 1 is 1.25 bits per heavy atom. The van der Waals surface area contributed by atoms with Crippen LogP contribution in [-0.4, -0.2) is 34.9 Å². The summed E-state index contributed by atoms with van der Waals surface area (Å²) in [6, 6.07) is 9.18. The number of phenols is 1. The Hall–Kier alpha value is -1.87. The van der Waals surface area contributed by atoms with E-state index in [9.17, 15) is 19.8 Å². The Kier molecular flexibility index (Phi) is 4.28. The molecule has 1 aliphatic heterocycles. The summed E-state index contributed by atoms with van der Waals surface area (Å²) >= 11 is 2.10. The number of ether oxygens (including phenoxy) is 2. The van der Waals surface area contributed by atoms with Gasteiger partial charge in [0, 0.05) is 18.4 Å². The van der Waals surface area contributed by atoms with Gasteiger partial charge in [-0.2, -0.15) is 0 Å². The van der Waals surface area contributed by atoms with Gasteiger partial charge in [-0.3, -0.25) is 9.59 Å². The second-order valence-electron chi connectivity index (χ2n) is 7.92. The SMILES string of the molecule is O=C(OCc1ccc2c(I)c(O)ccc2c1)C1C2CC3C(OC(=O)C31)C2CO. The average molecular weight is 494 g/mol. The van der Waals surface area contributed by atoms with Crippen LogP contribution >= 0.6 is 22.6 Å². The molecule has 6 atom stereocenters. The van der Waals surface area contributed by atoms with Crippen LogP contribution in [-0.2, 0) is 25.7 Å². The Labute approximate surface area is 175 Å². The van der Waals surface area contributed by atoms with Gasteiger partial charge in [0.1, 0.15) is 18.5 Å². The van der Waals surface area contributed by atoms with Gasteiger partial charge >= 0.3 is 11.9 Å². The van der Waals surface area contributed by atoms with Crippen LogP contribution in [0.25, 0.3) is 10.8 Å². The van der Waals surface area contributed by atoms with Gasteiger partial charge < -0.3 is 19.7 Å². The van der Waals surface area contributed by atoms with Gasteiger partial charge in [-0.05, 0) is 63.4 Å². The number of esters is 2. The van der Waals surface area contributed by atoms with Crippen LogP contribution < -0.4 is 0 Å². The first-order valence-corrected chi connectivity index (χ1v) is 10.5. The van der Waals surface area contributed by atoms with Crippen LogP contribution in [0.2, 0.25) is 0 Å². The average Bonchev–Trinajstić information content (AvgIpc) is 3.31. The van der Waals surface area contributed by atoms with E-state index in [1.165, 1.54) is 0 Å². The molecule has 2 saturated carbocycles. The molecule has 0 spiro atoms. The first-order chi connectivity index (χ1) is 13.5. The summed E-state index contributed by atoms with van der Waals surface area (Å²) in [7, 11) is 0. The number of benzene rings is 2. The van der Waals surface area contributed by atoms with Crippen molar-refractivity contribution in [2.24, 2.45) is 29.6 Å². The lowest BCUT2D eigenvalue weighted by atomic mass is 9.74. The molecule has 5 rings (SSSR count). The van der Waals surface area contributed by atoms with Crippen molar-refractivity contribution in [1.29, 1.82) is 0 Å². The smallest absolute Gasteiger partial charge is 0.310 e. The summed E-state index contributed by atoms with van der Waals surface area (Å²) in [5.74, 6) is -1.60. The van der Waals surface area contributed by atoms with E-state index in [1.807, 2.05) is 24.3 Å². The Morgan fingerprint density at radius 3 is 2.86 bits per heavy atom. The number of aliphatic hydroxyl groups is 1. The highest BCUT2D eigenvalue weighted by molar-refractivity contribution is 14.1. The van der Waals surface area contributed by atoms with E-state index in [4.69, 9.17) is 9.47 Å². The molecule has 0 amide bonds. The highest BCUT2D eigenvalue weighted by Gasteiger charge is 2.68. The zero-order chi connectivity index (χ0) is 19.6. The number of fused-ring (bicyclic) bond motifs is 2. The molecule has 2 aliphatic carbocycles. The Bertz CT molecular complexity index is 988. The fourth-order valence-corrected chi connectivity index (χ4v) is 6.09. The molecule has 2 bridgehead atoms. The number of carbonyl (C=O) groups excluding carboxylic acids is 2. The van der Waals surface area contributed by atoms with Crippen LogP contribution in [0.4, 0.5) is 0 Å². The summed E-state index contributed by atoms with van der Waals surface area (Å²) in [4.78, 5) is 25.0. The maximum atomic E-state index is 12.8. The van der Waals surface area contributed by atoms with Crippen molar-refractivity contribution in [1.82, 2.24) is 0 Å². The van der Waals surface area contributed by atoms with E-state index < -0.39 is 11.8 Å². The van der Waals surface area contributed by atoms with Crippen LogP contribution in [0, 0.1) is 33.2 Å². The summed E-state index contributed by atoms with van der Waals surface area (Å²) < 4.78 is 11.8. The largest absolute Gasteiger partial charge is 0.507 e. The van der Waals surface area contributed by atoms with Crippen LogP contribution in [0.15, 0.2) is 30.3 Å². The molecule has 146 valence electrons. The van der Waals surface area contributed by atoms with Crippen molar-refractivity contribution in [3.05, 3.63) is 39.5 Å². The van der Waals surface area contributed by atoms with Crippen molar-refractivity contribution in [2.75, 3.05) is 6.61 Å². The number of hydrogen-bond acceptors (Lipinski definition) is 6. The van der Waals surface area contributed by atoms with Gasteiger partial charge in [-0.25, -0.2) is 0 Å². The number of aromatic hydroxyl groups is 1. The maximum Gasteiger partial charge on any atom is 0.310 e. The molecular formula is C21H19IO6. The van der Waals surface area contributed by atoms with Crippen molar-refractivity contribution in [3.8, 4) is 5.75 Å². The lowest BCUT2D eigenvalue weighted by Crippen LogP contribution is -2.39. The maximum absolute atomic E-state index is 12.8. The third kappa shape index (κ3) is 2.55. The van der Waals surface area contributed by atoms with Crippen molar-refractivity contribution in [3.63, 3.8) is 0 Å². The molecule has 6 unspecified atom stereocenters. The van der Waals surface area contributed by atoms with E-state index in [2.05, 4.69) is 22.6 Å². The van der Waals surface area contributed by atoms with Crippen molar-refractivity contribution in [2.45, 2.75) is 19.1 Å². The second kappa shape index (κ2) is 6.59. The number of phenolic OH excluding ortho intramolecular Hbond substituents is 1. The van der Waals surface area contributed by atoms with E-state index in [-0.39, 0.29) is 54.8 Å².